The van der Waals surface area contributed by atoms with Gasteiger partial charge < -0.3 is 14.6 Å². The molecule has 0 spiro atoms. The number of carbonyl (C=O) groups excluding carboxylic acids is 1. The molecule has 4 aromatic rings. The lowest BCUT2D eigenvalue weighted by molar-refractivity contribution is 0.0937. The third-order valence-electron chi connectivity index (χ3n) is 5.17. The molecule has 5 nitrogen and oxygen atoms in total. The average Bonchev–Trinajstić information content (AvgIpc) is 3.18. The number of aromatic nitrogens is 2. The van der Waals surface area contributed by atoms with Gasteiger partial charge >= 0.3 is 0 Å². The van der Waals surface area contributed by atoms with E-state index in [1.165, 1.54) is 0 Å². The average molecular weight is 412 g/mol. The number of amides is 1. The fraction of sp³-hybridized carbons (Fsp3) is 0.154. The van der Waals surface area contributed by atoms with Crippen molar-refractivity contribution in [2.24, 2.45) is 0 Å². The van der Waals surface area contributed by atoms with Crippen molar-refractivity contribution in [3.63, 3.8) is 0 Å². The molecule has 0 aliphatic carbocycles. The summed E-state index contributed by atoms with van der Waals surface area (Å²) in [6.07, 6.45) is 4.21. The Morgan fingerprint density at radius 2 is 1.74 bits per heavy atom. The minimum Gasteiger partial charge on any atom is -0.497 e. The molecule has 1 heterocycles. The Labute approximate surface area is 182 Å². The summed E-state index contributed by atoms with van der Waals surface area (Å²) in [5, 5.41) is 3.07. The van der Waals surface area contributed by atoms with Crippen LogP contribution in [0.3, 0.4) is 0 Å². The molecule has 1 amide bonds. The quantitative estimate of drug-likeness (QED) is 0.452. The summed E-state index contributed by atoms with van der Waals surface area (Å²) >= 11 is 0. The zero-order valence-corrected chi connectivity index (χ0v) is 17.7. The molecule has 0 fully saturated rings. The normalized spacial score (nSPS) is 12.2. The smallest absolute Gasteiger partial charge is 0.251 e. The van der Waals surface area contributed by atoms with Crippen molar-refractivity contribution in [3.05, 3.63) is 102 Å². The molecule has 0 saturated carbocycles. The molecule has 1 atom stereocenters. The molecule has 0 saturated heterocycles. The molecule has 0 aliphatic rings. The van der Waals surface area contributed by atoms with E-state index in [1.54, 1.807) is 31.4 Å². The zero-order valence-electron chi connectivity index (χ0n) is 17.7. The van der Waals surface area contributed by atoms with Crippen LogP contribution in [0.15, 0.2) is 84.9 Å². The number of hydrogen-bond donors (Lipinski definition) is 1. The Balaban J connectivity index is 1.57. The number of fused-ring (bicyclic) bond motifs is 1. The molecule has 5 heteroatoms. The van der Waals surface area contributed by atoms with Crippen molar-refractivity contribution in [1.29, 1.82) is 0 Å². The van der Waals surface area contributed by atoms with E-state index in [0.717, 1.165) is 28.2 Å². The van der Waals surface area contributed by atoms with Gasteiger partial charge in [0.2, 0.25) is 0 Å². The monoisotopic (exact) mass is 411 g/mol. The number of rotatable bonds is 7. The van der Waals surface area contributed by atoms with E-state index in [9.17, 15) is 4.79 Å². The number of benzene rings is 3. The highest BCUT2D eigenvalue weighted by Gasteiger charge is 2.18. The van der Waals surface area contributed by atoms with Crippen LogP contribution in [0.1, 0.15) is 34.7 Å². The first-order valence-electron chi connectivity index (χ1n) is 10.3. The largest absolute Gasteiger partial charge is 0.497 e. The topological polar surface area (TPSA) is 56.1 Å². The van der Waals surface area contributed by atoms with Crippen LogP contribution >= 0.6 is 0 Å². The maximum absolute atomic E-state index is 12.8. The van der Waals surface area contributed by atoms with Gasteiger partial charge in [-0.3, -0.25) is 4.79 Å². The summed E-state index contributed by atoms with van der Waals surface area (Å²) < 4.78 is 7.31. The van der Waals surface area contributed by atoms with Gasteiger partial charge in [-0.2, -0.15) is 0 Å². The van der Waals surface area contributed by atoms with Crippen LogP contribution in [-0.2, 0) is 6.54 Å². The van der Waals surface area contributed by atoms with E-state index in [4.69, 9.17) is 9.72 Å². The highest BCUT2D eigenvalue weighted by atomic mass is 16.5. The SMILES string of the molecule is COc1ccc(C(=O)NC(C)c2nc3ccccc3n2C/C=C/c2ccccc2)cc1. The molecular formula is C26H25N3O2. The number of para-hydroxylation sites is 2. The van der Waals surface area contributed by atoms with Gasteiger partial charge in [-0.05, 0) is 48.9 Å². The number of carbonyl (C=O) groups is 1. The van der Waals surface area contributed by atoms with Gasteiger partial charge in [0.25, 0.3) is 5.91 Å². The van der Waals surface area contributed by atoms with Gasteiger partial charge in [-0.25, -0.2) is 4.98 Å². The number of nitrogens with one attached hydrogen (secondary N) is 1. The van der Waals surface area contributed by atoms with Gasteiger partial charge in [0.05, 0.1) is 24.2 Å². The van der Waals surface area contributed by atoms with E-state index >= 15 is 0 Å². The lowest BCUT2D eigenvalue weighted by atomic mass is 10.2. The van der Waals surface area contributed by atoms with Crippen molar-refractivity contribution in [3.8, 4) is 5.75 Å². The summed E-state index contributed by atoms with van der Waals surface area (Å²) in [4.78, 5) is 17.6. The highest BCUT2D eigenvalue weighted by molar-refractivity contribution is 5.94. The minimum absolute atomic E-state index is 0.145. The maximum atomic E-state index is 12.8. The molecule has 0 bridgehead atoms. The maximum Gasteiger partial charge on any atom is 0.251 e. The third-order valence-corrected chi connectivity index (χ3v) is 5.17. The molecule has 3 aromatic carbocycles. The molecule has 0 radical (unpaired) electrons. The minimum atomic E-state index is -0.257. The molecule has 31 heavy (non-hydrogen) atoms. The van der Waals surface area contributed by atoms with E-state index in [1.807, 2.05) is 43.3 Å². The van der Waals surface area contributed by atoms with Gasteiger partial charge in [-0.15, -0.1) is 0 Å². The molecule has 0 aliphatic heterocycles. The van der Waals surface area contributed by atoms with E-state index in [0.29, 0.717) is 12.1 Å². The van der Waals surface area contributed by atoms with E-state index in [-0.39, 0.29) is 11.9 Å². The number of methoxy groups -OCH3 is 1. The van der Waals surface area contributed by atoms with Crippen molar-refractivity contribution in [2.75, 3.05) is 7.11 Å². The Bertz CT molecular complexity index is 1190. The standard InChI is InChI=1S/C26H25N3O2/c1-19(27-26(30)21-14-16-22(31-2)17-15-21)25-28-23-12-6-7-13-24(23)29(25)18-8-11-20-9-4-3-5-10-20/h3-17,19H,18H2,1-2H3,(H,27,30)/b11-8+. The molecular weight excluding hydrogens is 386 g/mol. The van der Waals surface area contributed by atoms with Crippen LogP contribution < -0.4 is 10.1 Å². The summed E-state index contributed by atoms with van der Waals surface area (Å²) in [5.41, 5.74) is 3.69. The van der Waals surface area contributed by atoms with Crippen molar-refractivity contribution >= 4 is 23.0 Å². The molecule has 4 rings (SSSR count). The molecule has 1 N–H and O–H groups in total. The Morgan fingerprint density at radius 3 is 2.48 bits per heavy atom. The van der Waals surface area contributed by atoms with Gasteiger partial charge in [0.15, 0.2) is 0 Å². The van der Waals surface area contributed by atoms with E-state index in [2.05, 4.69) is 40.2 Å². The summed E-state index contributed by atoms with van der Waals surface area (Å²) in [5.74, 6) is 1.39. The van der Waals surface area contributed by atoms with Crippen LogP contribution in [-0.4, -0.2) is 22.6 Å². The molecule has 156 valence electrons. The van der Waals surface area contributed by atoms with Crippen molar-refractivity contribution in [2.45, 2.75) is 19.5 Å². The van der Waals surface area contributed by atoms with Gasteiger partial charge in [0, 0.05) is 12.1 Å². The second-order valence-corrected chi connectivity index (χ2v) is 7.31. The van der Waals surface area contributed by atoms with Crippen LogP contribution in [0.2, 0.25) is 0 Å². The lowest BCUT2D eigenvalue weighted by Crippen LogP contribution is -2.28. The third kappa shape index (κ3) is 4.67. The Kier molecular flexibility index (Phi) is 6.13. The van der Waals surface area contributed by atoms with Crippen molar-refractivity contribution < 1.29 is 9.53 Å². The Morgan fingerprint density at radius 1 is 1.03 bits per heavy atom. The number of imidazole rings is 1. The Hall–Kier alpha value is -3.86. The summed E-state index contributed by atoms with van der Waals surface area (Å²) in [6.45, 7) is 2.62. The summed E-state index contributed by atoms with van der Waals surface area (Å²) in [6, 6.07) is 25.0. The first kappa shape index (κ1) is 20.4. The van der Waals surface area contributed by atoms with Crippen LogP contribution in [0.25, 0.3) is 17.1 Å². The predicted octanol–water partition coefficient (Wildman–Crippen LogP) is 5.25. The second-order valence-electron chi connectivity index (χ2n) is 7.31. The van der Waals surface area contributed by atoms with Crippen LogP contribution in [0.5, 0.6) is 5.75 Å². The first-order valence-corrected chi connectivity index (χ1v) is 10.3. The van der Waals surface area contributed by atoms with Gasteiger partial charge in [-0.1, -0.05) is 54.6 Å². The zero-order chi connectivity index (χ0) is 21.6. The highest BCUT2D eigenvalue weighted by Crippen LogP contribution is 2.22. The van der Waals surface area contributed by atoms with Crippen LogP contribution in [0, 0.1) is 0 Å². The number of ether oxygens (including phenoxy) is 1. The molecule has 1 unspecified atom stereocenters. The predicted molar refractivity (Wildman–Crippen MR) is 124 cm³/mol. The second kappa shape index (κ2) is 9.30. The number of hydrogen-bond acceptors (Lipinski definition) is 3. The number of allylic oxidation sites excluding steroid dienone is 1. The van der Waals surface area contributed by atoms with E-state index < -0.39 is 0 Å². The first-order chi connectivity index (χ1) is 15.2. The fourth-order valence-corrected chi connectivity index (χ4v) is 3.56. The molecule has 1 aromatic heterocycles. The summed E-state index contributed by atoms with van der Waals surface area (Å²) in [7, 11) is 1.61. The lowest BCUT2D eigenvalue weighted by Gasteiger charge is -2.16. The number of nitrogens with zero attached hydrogens (tertiary/aromatic N) is 2. The van der Waals surface area contributed by atoms with Crippen molar-refractivity contribution in [1.82, 2.24) is 14.9 Å². The fourth-order valence-electron chi connectivity index (χ4n) is 3.56. The van der Waals surface area contributed by atoms with Crippen LogP contribution in [0.4, 0.5) is 0 Å². The van der Waals surface area contributed by atoms with Gasteiger partial charge in [0.1, 0.15) is 11.6 Å².